The molecule has 0 unspecified atom stereocenters. The Morgan fingerprint density at radius 3 is 1.95 bits per heavy atom. The van der Waals surface area contributed by atoms with E-state index in [1.807, 2.05) is 0 Å². The summed E-state index contributed by atoms with van der Waals surface area (Å²) in [6, 6.07) is 6.76. The molecule has 108 valence electrons. The van der Waals surface area contributed by atoms with Crippen LogP contribution in [0.25, 0.3) is 0 Å². The summed E-state index contributed by atoms with van der Waals surface area (Å²) >= 11 is 4.70. The van der Waals surface area contributed by atoms with Gasteiger partial charge in [0.2, 0.25) is 0 Å². The predicted molar refractivity (Wildman–Crippen MR) is 76.6 cm³/mol. The van der Waals surface area contributed by atoms with Crippen LogP contribution >= 0.6 is 12.2 Å². The minimum Gasteiger partial charge on any atom is -0.389 e. The molecule has 0 fully saturated rings. The van der Waals surface area contributed by atoms with Crippen LogP contribution in [0.2, 0.25) is 0 Å². The van der Waals surface area contributed by atoms with Gasteiger partial charge in [-0.2, -0.15) is 0 Å². The van der Waals surface area contributed by atoms with E-state index in [-0.39, 0.29) is 16.2 Å². The molecule has 21 heavy (non-hydrogen) atoms. The van der Waals surface area contributed by atoms with Crippen LogP contribution < -0.4 is 11.1 Å². The first kappa shape index (κ1) is 15.0. The average molecular weight is 310 g/mol. The highest BCUT2D eigenvalue weighted by molar-refractivity contribution is 7.80. The Labute approximate surface area is 123 Å². The fourth-order valence-corrected chi connectivity index (χ4v) is 1.99. The molecule has 0 aromatic heterocycles. The van der Waals surface area contributed by atoms with E-state index in [0.29, 0.717) is 0 Å². The Balaban J connectivity index is 2.42. The van der Waals surface area contributed by atoms with Crippen molar-refractivity contribution in [2.45, 2.75) is 0 Å². The SMILES string of the molecule is NC(=S)c1c(F)cccc1NC(=O)c1c(F)cccc1F. The van der Waals surface area contributed by atoms with Crippen molar-refractivity contribution in [3.8, 4) is 0 Å². The fourth-order valence-electron chi connectivity index (χ4n) is 1.78. The Hall–Kier alpha value is -2.41. The topological polar surface area (TPSA) is 55.1 Å². The third-order valence-electron chi connectivity index (χ3n) is 2.70. The number of amides is 1. The zero-order valence-corrected chi connectivity index (χ0v) is 11.3. The van der Waals surface area contributed by atoms with Crippen molar-refractivity contribution in [1.82, 2.24) is 0 Å². The van der Waals surface area contributed by atoms with Crippen LogP contribution in [0.4, 0.5) is 18.9 Å². The van der Waals surface area contributed by atoms with Crippen LogP contribution in [0.3, 0.4) is 0 Å². The van der Waals surface area contributed by atoms with Crippen molar-refractivity contribution < 1.29 is 18.0 Å². The molecule has 0 heterocycles. The Kier molecular flexibility index (Phi) is 4.23. The van der Waals surface area contributed by atoms with Crippen molar-refractivity contribution in [1.29, 1.82) is 0 Å². The molecule has 0 aliphatic heterocycles. The minimum absolute atomic E-state index is 0.0600. The first-order valence-corrected chi connectivity index (χ1v) is 6.16. The summed E-state index contributed by atoms with van der Waals surface area (Å²) in [6.45, 7) is 0. The fraction of sp³-hybridized carbons (Fsp3) is 0. The van der Waals surface area contributed by atoms with Gasteiger partial charge in [0.15, 0.2) is 0 Å². The van der Waals surface area contributed by atoms with Crippen LogP contribution in [0.5, 0.6) is 0 Å². The maximum atomic E-state index is 13.6. The lowest BCUT2D eigenvalue weighted by Gasteiger charge is -2.11. The van der Waals surface area contributed by atoms with Crippen LogP contribution in [0.15, 0.2) is 36.4 Å². The monoisotopic (exact) mass is 310 g/mol. The molecule has 0 aliphatic carbocycles. The number of nitrogens with one attached hydrogen (secondary N) is 1. The van der Waals surface area contributed by atoms with Crippen LogP contribution in [0.1, 0.15) is 15.9 Å². The molecule has 2 rings (SSSR count). The third-order valence-corrected chi connectivity index (χ3v) is 2.90. The Morgan fingerprint density at radius 1 is 0.952 bits per heavy atom. The lowest BCUT2D eigenvalue weighted by Crippen LogP contribution is -2.20. The summed E-state index contributed by atoms with van der Waals surface area (Å²) in [6.07, 6.45) is 0. The summed E-state index contributed by atoms with van der Waals surface area (Å²) in [4.78, 5) is 11.7. The standard InChI is InChI=1S/C14H9F3N2OS/c15-7-3-1-4-8(16)11(7)14(20)19-10-6-2-5-9(17)12(10)13(18)21/h1-6H,(H2,18,21)(H,19,20). The van der Waals surface area contributed by atoms with Crippen molar-refractivity contribution in [2.24, 2.45) is 5.73 Å². The number of hydrogen-bond acceptors (Lipinski definition) is 2. The molecule has 0 atom stereocenters. The quantitative estimate of drug-likeness (QED) is 0.857. The molecule has 0 aliphatic rings. The molecule has 7 heteroatoms. The van der Waals surface area contributed by atoms with Gasteiger partial charge in [-0.3, -0.25) is 4.79 Å². The summed E-state index contributed by atoms with van der Waals surface area (Å²) < 4.78 is 40.7. The number of carbonyl (C=O) groups is 1. The van der Waals surface area contributed by atoms with E-state index >= 15 is 0 Å². The number of thiocarbonyl (C=S) groups is 1. The number of benzene rings is 2. The van der Waals surface area contributed by atoms with Crippen molar-refractivity contribution in [2.75, 3.05) is 5.32 Å². The largest absolute Gasteiger partial charge is 0.389 e. The van der Waals surface area contributed by atoms with E-state index in [4.69, 9.17) is 18.0 Å². The second kappa shape index (κ2) is 5.92. The molecule has 0 bridgehead atoms. The van der Waals surface area contributed by atoms with E-state index in [1.165, 1.54) is 12.1 Å². The van der Waals surface area contributed by atoms with Gasteiger partial charge in [0.25, 0.3) is 5.91 Å². The van der Waals surface area contributed by atoms with Gasteiger partial charge in [0.05, 0.1) is 11.3 Å². The van der Waals surface area contributed by atoms with Gasteiger partial charge < -0.3 is 11.1 Å². The van der Waals surface area contributed by atoms with E-state index < -0.39 is 28.9 Å². The summed E-state index contributed by atoms with van der Waals surface area (Å²) in [5.74, 6) is -3.86. The minimum atomic E-state index is -1.06. The van der Waals surface area contributed by atoms with Crippen molar-refractivity contribution in [3.63, 3.8) is 0 Å². The highest BCUT2D eigenvalue weighted by Gasteiger charge is 2.19. The lowest BCUT2D eigenvalue weighted by molar-refractivity contribution is 0.101. The van der Waals surface area contributed by atoms with Gasteiger partial charge >= 0.3 is 0 Å². The molecular formula is C14H9F3N2OS. The first-order valence-electron chi connectivity index (χ1n) is 5.75. The maximum Gasteiger partial charge on any atom is 0.261 e. The number of nitrogens with two attached hydrogens (primary N) is 1. The number of halogens is 3. The van der Waals surface area contributed by atoms with Crippen LogP contribution in [-0.2, 0) is 0 Å². The van der Waals surface area contributed by atoms with Crippen molar-refractivity contribution in [3.05, 3.63) is 65.0 Å². The summed E-state index contributed by atoms with van der Waals surface area (Å²) in [7, 11) is 0. The molecule has 0 saturated carbocycles. The first-order chi connectivity index (χ1) is 9.91. The Morgan fingerprint density at radius 2 is 1.43 bits per heavy atom. The van der Waals surface area contributed by atoms with Crippen LogP contribution in [-0.4, -0.2) is 10.9 Å². The van der Waals surface area contributed by atoms with Crippen molar-refractivity contribution >= 4 is 28.8 Å². The van der Waals surface area contributed by atoms with Gasteiger partial charge in [-0.05, 0) is 24.3 Å². The average Bonchev–Trinajstić information content (AvgIpc) is 2.37. The smallest absolute Gasteiger partial charge is 0.261 e. The molecule has 0 saturated heterocycles. The van der Waals surface area contributed by atoms with E-state index in [0.717, 1.165) is 24.3 Å². The molecule has 3 N–H and O–H groups in total. The molecule has 0 radical (unpaired) electrons. The molecule has 2 aromatic rings. The molecule has 3 nitrogen and oxygen atoms in total. The number of anilines is 1. The highest BCUT2D eigenvalue weighted by atomic mass is 32.1. The van der Waals surface area contributed by atoms with E-state index in [1.54, 1.807) is 0 Å². The summed E-state index contributed by atoms with van der Waals surface area (Å²) in [5, 5.41) is 2.20. The van der Waals surface area contributed by atoms with Gasteiger partial charge in [-0.15, -0.1) is 0 Å². The molecule has 2 aromatic carbocycles. The van der Waals surface area contributed by atoms with E-state index in [9.17, 15) is 18.0 Å². The van der Waals surface area contributed by atoms with Gasteiger partial charge in [-0.25, -0.2) is 13.2 Å². The zero-order valence-electron chi connectivity index (χ0n) is 10.5. The molecule has 1 amide bonds. The Bertz CT molecular complexity index is 714. The molecular weight excluding hydrogens is 301 g/mol. The van der Waals surface area contributed by atoms with Gasteiger partial charge in [0, 0.05) is 0 Å². The number of hydrogen-bond donors (Lipinski definition) is 2. The highest BCUT2D eigenvalue weighted by Crippen LogP contribution is 2.21. The molecule has 0 spiro atoms. The zero-order chi connectivity index (χ0) is 15.6. The summed E-state index contributed by atoms with van der Waals surface area (Å²) in [5.41, 5.74) is 4.36. The van der Waals surface area contributed by atoms with Crippen LogP contribution in [0, 0.1) is 17.5 Å². The van der Waals surface area contributed by atoms with Gasteiger partial charge in [0.1, 0.15) is 28.0 Å². The predicted octanol–water partition coefficient (Wildman–Crippen LogP) is 2.99. The second-order valence-electron chi connectivity index (χ2n) is 4.08. The maximum absolute atomic E-state index is 13.6. The lowest BCUT2D eigenvalue weighted by atomic mass is 10.1. The number of rotatable bonds is 3. The second-order valence-corrected chi connectivity index (χ2v) is 4.52. The van der Waals surface area contributed by atoms with E-state index in [2.05, 4.69) is 5.32 Å². The third kappa shape index (κ3) is 3.03. The number of carbonyl (C=O) groups excluding carboxylic acids is 1. The normalized spacial score (nSPS) is 10.2. The van der Waals surface area contributed by atoms with Gasteiger partial charge in [-0.1, -0.05) is 24.4 Å².